The molecule has 0 saturated heterocycles. The fourth-order valence-corrected chi connectivity index (χ4v) is 1.56. The summed E-state index contributed by atoms with van der Waals surface area (Å²) >= 11 is 0. The second kappa shape index (κ2) is 3.63. The van der Waals surface area contributed by atoms with Gasteiger partial charge >= 0.3 is 10.1 Å². The van der Waals surface area contributed by atoms with E-state index in [1.807, 2.05) is 30.3 Å². The SMILES string of the molecule is CN1C=CCc2cccc(O)c21.[BeH2]. The zero-order valence-electron chi connectivity index (χ0n) is 6.99. The number of hydrogen-bond donors (Lipinski definition) is 1. The van der Waals surface area contributed by atoms with Crippen LogP contribution in [-0.2, 0) is 6.42 Å². The van der Waals surface area contributed by atoms with Crippen LogP contribution < -0.4 is 4.90 Å². The number of phenolic OH excluding ortho intramolecular Hbond substituents is 1. The van der Waals surface area contributed by atoms with Crippen LogP contribution in [0, 0.1) is 0 Å². The fraction of sp³-hybridized carbons (Fsp3) is 0.200. The van der Waals surface area contributed by atoms with Crippen LogP contribution in [0.15, 0.2) is 30.5 Å². The van der Waals surface area contributed by atoms with Gasteiger partial charge in [-0.05, 0) is 18.1 Å². The van der Waals surface area contributed by atoms with Crippen LogP contribution in [0.25, 0.3) is 0 Å². The van der Waals surface area contributed by atoms with Crippen LogP contribution in [0.2, 0.25) is 0 Å². The first-order valence-corrected chi connectivity index (χ1v) is 3.99. The van der Waals surface area contributed by atoms with Gasteiger partial charge in [-0.3, -0.25) is 0 Å². The van der Waals surface area contributed by atoms with Gasteiger partial charge in [-0.25, -0.2) is 0 Å². The van der Waals surface area contributed by atoms with Crippen molar-refractivity contribution in [1.82, 2.24) is 0 Å². The topological polar surface area (TPSA) is 23.5 Å². The number of aromatic hydroxyl groups is 1. The fourth-order valence-electron chi connectivity index (χ4n) is 1.56. The Morgan fingerprint density at radius 2 is 2.15 bits per heavy atom. The van der Waals surface area contributed by atoms with Gasteiger partial charge in [-0.1, -0.05) is 18.2 Å². The number of nitrogens with zero attached hydrogens (tertiary/aromatic N) is 1. The molecule has 66 valence electrons. The predicted molar refractivity (Wildman–Crippen MR) is 57.9 cm³/mol. The molecule has 3 heteroatoms. The van der Waals surface area contributed by atoms with Crippen LogP contribution in [0.3, 0.4) is 0 Å². The Morgan fingerprint density at radius 3 is 2.85 bits per heavy atom. The van der Waals surface area contributed by atoms with E-state index in [9.17, 15) is 5.11 Å². The average molecular weight is 172 g/mol. The first kappa shape index (κ1) is 9.81. The molecule has 1 aromatic rings. The number of para-hydroxylation sites is 1. The van der Waals surface area contributed by atoms with E-state index in [0.29, 0.717) is 5.75 Å². The van der Waals surface area contributed by atoms with Crippen LogP contribution in [0.5, 0.6) is 5.75 Å². The van der Waals surface area contributed by atoms with Gasteiger partial charge in [0.25, 0.3) is 0 Å². The van der Waals surface area contributed by atoms with Crippen molar-refractivity contribution in [2.24, 2.45) is 0 Å². The van der Waals surface area contributed by atoms with Crippen molar-refractivity contribution in [3.05, 3.63) is 36.0 Å². The van der Waals surface area contributed by atoms with E-state index in [-0.39, 0.29) is 10.1 Å². The quantitative estimate of drug-likeness (QED) is 0.590. The molecule has 0 radical (unpaired) electrons. The normalized spacial score (nSPS) is 13.5. The molecule has 1 heterocycles. The number of allylic oxidation sites excluding steroid dienone is 1. The molecule has 0 fully saturated rings. The molecule has 0 bridgehead atoms. The number of phenols is 1. The molecular formula is C10H13BeNO. The molecule has 0 amide bonds. The third kappa shape index (κ3) is 1.58. The monoisotopic (exact) mass is 172 g/mol. The number of benzene rings is 1. The van der Waals surface area contributed by atoms with Crippen molar-refractivity contribution in [2.75, 3.05) is 11.9 Å². The van der Waals surface area contributed by atoms with Crippen molar-refractivity contribution in [3.8, 4) is 5.75 Å². The van der Waals surface area contributed by atoms with Gasteiger partial charge < -0.3 is 10.0 Å². The average Bonchev–Trinajstić information content (AvgIpc) is 2.04. The van der Waals surface area contributed by atoms with Crippen LogP contribution in [0.4, 0.5) is 5.69 Å². The van der Waals surface area contributed by atoms with Crippen LogP contribution in [0.1, 0.15) is 5.56 Å². The predicted octanol–water partition coefficient (Wildman–Crippen LogP) is 0.982. The molecule has 0 aromatic heterocycles. The summed E-state index contributed by atoms with van der Waals surface area (Å²) in [5, 5.41) is 9.55. The summed E-state index contributed by atoms with van der Waals surface area (Å²) in [5.41, 5.74) is 2.11. The molecule has 1 aliphatic heterocycles. The summed E-state index contributed by atoms with van der Waals surface area (Å²) < 4.78 is 0. The van der Waals surface area contributed by atoms with Crippen LogP contribution >= 0.6 is 0 Å². The summed E-state index contributed by atoms with van der Waals surface area (Å²) in [4.78, 5) is 1.94. The minimum absolute atomic E-state index is 0. The van der Waals surface area contributed by atoms with Crippen molar-refractivity contribution in [1.29, 1.82) is 0 Å². The number of anilines is 1. The third-order valence-corrected chi connectivity index (χ3v) is 2.12. The maximum atomic E-state index is 9.55. The Labute approximate surface area is 81.7 Å². The zero-order valence-corrected chi connectivity index (χ0v) is 6.99. The minimum atomic E-state index is 0. The van der Waals surface area contributed by atoms with E-state index >= 15 is 0 Å². The molecule has 0 unspecified atom stereocenters. The van der Waals surface area contributed by atoms with E-state index in [1.54, 1.807) is 6.07 Å². The van der Waals surface area contributed by atoms with Gasteiger partial charge in [-0.2, -0.15) is 0 Å². The molecule has 13 heavy (non-hydrogen) atoms. The summed E-state index contributed by atoms with van der Waals surface area (Å²) in [6, 6.07) is 5.63. The van der Waals surface area contributed by atoms with Gasteiger partial charge in [0.2, 0.25) is 0 Å². The van der Waals surface area contributed by atoms with Gasteiger partial charge in [0, 0.05) is 13.2 Å². The van der Waals surface area contributed by atoms with E-state index in [4.69, 9.17) is 0 Å². The Balaban J connectivity index is 0.000000845. The number of rotatable bonds is 0. The molecule has 0 aliphatic carbocycles. The molecule has 2 nitrogen and oxygen atoms in total. The van der Waals surface area contributed by atoms with E-state index in [2.05, 4.69) is 6.08 Å². The van der Waals surface area contributed by atoms with Gasteiger partial charge in [0.15, 0.2) is 0 Å². The summed E-state index contributed by atoms with van der Waals surface area (Å²) in [5.74, 6) is 0.361. The summed E-state index contributed by atoms with van der Waals surface area (Å²) in [6.45, 7) is 0. The third-order valence-electron chi connectivity index (χ3n) is 2.12. The molecule has 1 aromatic carbocycles. The molecule has 0 atom stereocenters. The molecule has 0 saturated carbocycles. The van der Waals surface area contributed by atoms with Crippen molar-refractivity contribution >= 4 is 15.8 Å². The maximum absolute atomic E-state index is 9.55. The first-order valence-electron chi connectivity index (χ1n) is 3.99. The standard InChI is InChI=1S/C10H11NO.Be.2H/c1-11-7-3-5-8-4-2-6-9(12)10(8)11;;;/h2-4,6-7,12H,5H2,1H3;;;. The molecule has 1 aliphatic rings. The van der Waals surface area contributed by atoms with Gasteiger partial charge in [0.1, 0.15) is 5.75 Å². The molecular weight excluding hydrogens is 159 g/mol. The van der Waals surface area contributed by atoms with Crippen molar-refractivity contribution in [2.45, 2.75) is 6.42 Å². The first-order chi connectivity index (χ1) is 5.79. The Morgan fingerprint density at radius 1 is 1.38 bits per heavy atom. The van der Waals surface area contributed by atoms with E-state index in [0.717, 1.165) is 12.1 Å². The van der Waals surface area contributed by atoms with Crippen molar-refractivity contribution in [3.63, 3.8) is 0 Å². The Kier molecular flexibility index (Phi) is 2.74. The molecule has 0 spiro atoms. The van der Waals surface area contributed by atoms with Gasteiger partial charge in [0.05, 0.1) is 5.69 Å². The number of fused-ring (bicyclic) bond motifs is 1. The van der Waals surface area contributed by atoms with Gasteiger partial charge in [-0.15, -0.1) is 0 Å². The Bertz CT molecular complexity index is 336. The van der Waals surface area contributed by atoms with Crippen molar-refractivity contribution < 1.29 is 5.11 Å². The molecule has 1 N–H and O–H groups in total. The number of hydrogen-bond acceptors (Lipinski definition) is 2. The summed E-state index contributed by atoms with van der Waals surface area (Å²) in [6.07, 6.45) is 4.97. The zero-order chi connectivity index (χ0) is 8.55. The molecule has 2 rings (SSSR count). The second-order valence-electron chi connectivity index (χ2n) is 2.98. The Hall–Kier alpha value is -1.27. The van der Waals surface area contributed by atoms with E-state index < -0.39 is 0 Å². The summed E-state index contributed by atoms with van der Waals surface area (Å²) in [7, 11) is 1.94. The van der Waals surface area contributed by atoms with Crippen LogP contribution in [-0.4, -0.2) is 22.3 Å². The van der Waals surface area contributed by atoms with E-state index in [1.165, 1.54) is 5.56 Å². The second-order valence-corrected chi connectivity index (χ2v) is 2.98.